The Hall–Kier alpha value is -0.860. The van der Waals surface area contributed by atoms with Gasteiger partial charge in [0.25, 0.3) is 0 Å². The summed E-state index contributed by atoms with van der Waals surface area (Å²) in [7, 11) is 0. The first-order chi connectivity index (χ1) is 8.51. The molecule has 3 nitrogen and oxygen atoms in total. The smallest absolute Gasteiger partial charge is 0.306 e. The molecule has 1 fully saturated rings. The standard InChI is InChI=1S/C15H26O3/c1-4-18-15(17)6-5-14(16)10-13-8-11(2)7-12(3)9-13/h11-13H,4-10H2,1-3H3. The Bertz CT molecular complexity index is 275. The van der Waals surface area contributed by atoms with E-state index in [4.69, 9.17) is 4.74 Å². The number of Topliss-reactive ketones (excluding diaryl/α,β-unsaturated/α-hetero) is 1. The van der Waals surface area contributed by atoms with Crippen LogP contribution in [0.15, 0.2) is 0 Å². The number of carbonyl (C=O) groups excluding carboxylic acids is 2. The molecular weight excluding hydrogens is 228 g/mol. The van der Waals surface area contributed by atoms with E-state index in [0.29, 0.717) is 25.4 Å². The van der Waals surface area contributed by atoms with E-state index in [2.05, 4.69) is 13.8 Å². The maximum Gasteiger partial charge on any atom is 0.306 e. The van der Waals surface area contributed by atoms with Crippen LogP contribution < -0.4 is 0 Å². The molecule has 3 heteroatoms. The highest BCUT2D eigenvalue weighted by atomic mass is 16.5. The molecule has 0 aliphatic heterocycles. The van der Waals surface area contributed by atoms with E-state index in [9.17, 15) is 9.59 Å². The molecular formula is C15H26O3. The van der Waals surface area contributed by atoms with Crippen molar-refractivity contribution in [3.63, 3.8) is 0 Å². The van der Waals surface area contributed by atoms with Crippen molar-refractivity contribution in [3.05, 3.63) is 0 Å². The largest absolute Gasteiger partial charge is 0.466 e. The number of ether oxygens (including phenoxy) is 1. The first kappa shape index (κ1) is 15.2. The SMILES string of the molecule is CCOC(=O)CCC(=O)CC1CC(C)CC(C)C1. The molecule has 0 aromatic carbocycles. The molecule has 0 spiro atoms. The predicted molar refractivity (Wildman–Crippen MR) is 71.2 cm³/mol. The van der Waals surface area contributed by atoms with Crippen LogP contribution in [0.5, 0.6) is 0 Å². The number of rotatable bonds is 6. The van der Waals surface area contributed by atoms with Gasteiger partial charge >= 0.3 is 5.97 Å². The molecule has 2 unspecified atom stereocenters. The zero-order chi connectivity index (χ0) is 13.5. The molecule has 0 N–H and O–H groups in total. The van der Waals surface area contributed by atoms with E-state index in [0.717, 1.165) is 24.7 Å². The van der Waals surface area contributed by atoms with Crippen molar-refractivity contribution in [2.45, 2.75) is 59.3 Å². The summed E-state index contributed by atoms with van der Waals surface area (Å²) in [5.41, 5.74) is 0. The lowest BCUT2D eigenvalue weighted by Gasteiger charge is -2.31. The summed E-state index contributed by atoms with van der Waals surface area (Å²) in [5, 5.41) is 0. The molecule has 0 saturated heterocycles. The van der Waals surface area contributed by atoms with Gasteiger partial charge in [0.15, 0.2) is 0 Å². The maximum absolute atomic E-state index is 11.8. The van der Waals surface area contributed by atoms with E-state index in [1.165, 1.54) is 6.42 Å². The van der Waals surface area contributed by atoms with Gasteiger partial charge in [0.2, 0.25) is 0 Å². The Morgan fingerprint density at radius 3 is 2.22 bits per heavy atom. The van der Waals surface area contributed by atoms with Crippen molar-refractivity contribution in [2.24, 2.45) is 17.8 Å². The number of hydrogen-bond donors (Lipinski definition) is 0. The zero-order valence-electron chi connectivity index (χ0n) is 11.9. The molecule has 0 aromatic heterocycles. The summed E-state index contributed by atoms with van der Waals surface area (Å²) < 4.78 is 4.83. The van der Waals surface area contributed by atoms with E-state index in [1.54, 1.807) is 6.92 Å². The molecule has 1 saturated carbocycles. The lowest BCUT2D eigenvalue weighted by molar-refractivity contribution is -0.144. The second kappa shape index (κ2) is 7.55. The fourth-order valence-corrected chi connectivity index (χ4v) is 3.18. The Morgan fingerprint density at radius 1 is 1.06 bits per heavy atom. The molecule has 1 aliphatic rings. The van der Waals surface area contributed by atoms with Gasteiger partial charge in [-0.15, -0.1) is 0 Å². The van der Waals surface area contributed by atoms with E-state index in [1.807, 2.05) is 0 Å². The summed E-state index contributed by atoms with van der Waals surface area (Å²) in [5.74, 6) is 1.96. The average molecular weight is 254 g/mol. The zero-order valence-corrected chi connectivity index (χ0v) is 11.9. The van der Waals surface area contributed by atoms with Crippen LogP contribution >= 0.6 is 0 Å². The summed E-state index contributed by atoms with van der Waals surface area (Å²) >= 11 is 0. The Kier molecular flexibility index (Phi) is 6.37. The quantitative estimate of drug-likeness (QED) is 0.683. The molecule has 1 rings (SSSR count). The van der Waals surface area contributed by atoms with Crippen LogP contribution in [-0.4, -0.2) is 18.4 Å². The molecule has 0 radical (unpaired) electrons. The van der Waals surface area contributed by atoms with Crippen molar-refractivity contribution < 1.29 is 14.3 Å². The first-order valence-electron chi connectivity index (χ1n) is 7.18. The lowest BCUT2D eigenvalue weighted by atomic mass is 9.75. The van der Waals surface area contributed by atoms with Gasteiger partial charge < -0.3 is 4.74 Å². The van der Waals surface area contributed by atoms with Crippen LogP contribution in [0.25, 0.3) is 0 Å². The molecule has 104 valence electrons. The van der Waals surface area contributed by atoms with E-state index < -0.39 is 0 Å². The summed E-state index contributed by atoms with van der Waals surface area (Å²) in [6.45, 7) is 6.71. The third-order valence-corrected chi connectivity index (χ3v) is 3.71. The van der Waals surface area contributed by atoms with Crippen molar-refractivity contribution in [1.82, 2.24) is 0 Å². The number of ketones is 1. The van der Waals surface area contributed by atoms with Gasteiger partial charge in [-0.25, -0.2) is 0 Å². The first-order valence-corrected chi connectivity index (χ1v) is 7.18. The van der Waals surface area contributed by atoms with Crippen LogP contribution in [0.2, 0.25) is 0 Å². The summed E-state index contributed by atoms with van der Waals surface area (Å²) in [6, 6.07) is 0. The second-order valence-corrected chi connectivity index (χ2v) is 5.83. The lowest BCUT2D eigenvalue weighted by Crippen LogP contribution is -2.22. The second-order valence-electron chi connectivity index (χ2n) is 5.83. The van der Waals surface area contributed by atoms with Gasteiger partial charge in [0.1, 0.15) is 5.78 Å². The van der Waals surface area contributed by atoms with Crippen LogP contribution in [0.1, 0.15) is 59.3 Å². The van der Waals surface area contributed by atoms with Gasteiger partial charge in [-0.2, -0.15) is 0 Å². The maximum atomic E-state index is 11.8. The third kappa shape index (κ3) is 5.65. The highest BCUT2D eigenvalue weighted by Crippen LogP contribution is 2.34. The predicted octanol–water partition coefficient (Wildman–Crippen LogP) is 3.36. The Morgan fingerprint density at radius 2 is 1.67 bits per heavy atom. The molecule has 0 amide bonds. The van der Waals surface area contributed by atoms with Crippen LogP contribution in [0.4, 0.5) is 0 Å². The van der Waals surface area contributed by atoms with E-state index in [-0.39, 0.29) is 18.2 Å². The molecule has 0 bridgehead atoms. The highest BCUT2D eigenvalue weighted by molar-refractivity contribution is 5.83. The van der Waals surface area contributed by atoms with Crippen molar-refractivity contribution in [1.29, 1.82) is 0 Å². The van der Waals surface area contributed by atoms with Gasteiger partial charge in [-0.1, -0.05) is 13.8 Å². The molecule has 2 atom stereocenters. The average Bonchev–Trinajstić information content (AvgIpc) is 2.25. The number of hydrogen-bond acceptors (Lipinski definition) is 3. The summed E-state index contributed by atoms with van der Waals surface area (Å²) in [6.07, 6.45) is 4.84. The fraction of sp³-hybridized carbons (Fsp3) is 0.867. The fourth-order valence-electron chi connectivity index (χ4n) is 3.18. The van der Waals surface area contributed by atoms with Gasteiger partial charge in [-0.05, 0) is 43.9 Å². The monoisotopic (exact) mass is 254 g/mol. The summed E-state index contributed by atoms with van der Waals surface area (Å²) in [4.78, 5) is 23.0. The number of carbonyl (C=O) groups is 2. The van der Waals surface area contributed by atoms with E-state index >= 15 is 0 Å². The normalized spacial score (nSPS) is 27.8. The van der Waals surface area contributed by atoms with Gasteiger partial charge in [0.05, 0.1) is 13.0 Å². The van der Waals surface area contributed by atoms with Crippen molar-refractivity contribution in [2.75, 3.05) is 6.61 Å². The van der Waals surface area contributed by atoms with Gasteiger partial charge in [0, 0.05) is 12.8 Å². The van der Waals surface area contributed by atoms with Crippen molar-refractivity contribution >= 4 is 11.8 Å². The minimum Gasteiger partial charge on any atom is -0.466 e. The minimum absolute atomic E-state index is 0.217. The molecule has 0 aromatic rings. The number of esters is 1. The topological polar surface area (TPSA) is 43.4 Å². The highest BCUT2D eigenvalue weighted by Gasteiger charge is 2.25. The van der Waals surface area contributed by atoms with Gasteiger partial charge in [-0.3, -0.25) is 9.59 Å². The van der Waals surface area contributed by atoms with Crippen molar-refractivity contribution in [3.8, 4) is 0 Å². The Balaban J connectivity index is 2.25. The van der Waals surface area contributed by atoms with Crippen LogP contribution in [0, 0.1) is 17.8 Å². The molecule has 18 heavy (non-hydrogen) atoms. The molecule has 1 aliphatic carbocycles. The Labute approximate surface area is 110 Å². The third-order valence-electron chi connectivity index (χ3n) is 3.71. The molecule has 0 heterocycles. The van der Waals surface area contributed by atoms with Crippen LogP contribution in [0.3, 0.4) is 0 Å². The minimum atomic E-state index is -0.253. The van der Waals surface area contributed by atoms with Crippen LogP contribution in [-0.2, 0) is 14.3 Å².